The molecule has 74 valence electrons. The van der Waals surface area contributed by atoms with Crippen molar-refractivity contribution in [2.75, 3.05) is 5.73 Å². The molecule has 0 unspecified atom stereocenters. The molecule has 0 aliphatic rings. The lowest BCUT2D eigenvalue weighted by Gasteiger charge is -1.94. The number of hydrogen-bond donors (Lipinski definition) is 1. The Bertz CT molecular complexity index is 614. The molecule has 0 saturated heterocycles. The van der Waals surface area contributed by atoms with Gasteiger partial charge >= 0.3 is 0 Å². The van der Waals surface area contributed by atoms with E-state index in [1.165, 1.54) is 11.5 Å². The standard InChI is InChI=1S/C10H7N3OS/c11-10-4-8(14-13-10)6-1-2-7-5-12-15-9(7)3-6/h1-5H,(H2,11,13). The van der Waals surface area contributed by atoms with E-state index >= 15 is 0 Å². The molecule has 0 aliphatic heterocycles. The van der Waals surface area contributed by atoms with E-state index in [0.717, 1.165) is 15.6 Å². The Morgan fingerprint density at radius 2 is 2.20 bits per heavy atom. The van der Waals surface area contributed by atoms with Crippen LogP contribution in [0, 0.1) is 0 Å². The first kappa shape index (κ1) is 8.43. The lowest BCUT2D eigenvalue weighted by atomic mass is 10.1. The summed E-state index contributed by atoms with van der Waals surface area (Å²) in [6.07, 6.45) is 1.85. The lowest BCUT2D eigenvalue weighted by molar-refractivity contribution is 0.436. The Kier molecular flexibility index (Phi) is 1.72. The molecule has 2 heterocycles. The van der Waals surface area contributed by atoms with Gasteiger partial charge in [0, 0.05) is 23.2 Å². The van der Waals surface area contributed by atoms with Gasteiger partial charge in [0.25, 0.3) is 0 Å². The van der Waals surface area contributed by atoms with Gasteiger partial charge in [0.05, 0.1) is 4.70 Å². The monoisotopic (exact) mass is 217 g/mol. The third-order valence-electron chi connectivity index (χ3n) is 2.17. The fourth-order valence-electron chi connectivity index (χ4n) is 1.44. The van der Waals surface area contributed by atoms with Crippen LogP contribution < -0.4 is 5.73 Å². The van der Waals surface area contributed by atoms with Gasteiger partial charge in [0.2, 0.25) is 0 Å². The molecule has 0 bridgehead atoms. The van der Waals surface area contributed by atoms with Gasteiger partial charge in [-0.25, -0.2) is 0 Å². The number of fused-ring (bicyclic) bond motifs is 1. The molecular weight excluding hydrogens is 210 g/mol. The molecule has 0 spiro atoms. The zero-order valence-electron chi connectivity index (χ0n) is 7.68. The number of nitrogen functional groups attached to an aromatic ring is 1. The molecule has 0 fully saturated rings. The van der Waals surface area contributed by atoms with Crippen molar-refractivity contribution in [3.8, 4) is 11.3 Å². The second-order valence-corrected chi connectivity index (χ2v) is 4.03. The van der Waals surface area contributed by atoms with Crippen molar-refractivity contribution in [2.24, 2.45) is 0 Å². The number of aromatic nitrogens is 2. The molecule has 0 atom stereocenters. The number of nitrogens with two attached hydrogens (primary N) is 1. The summed E-state index contributed by atoms with van der Waals surface area (Å²) in [7, 11) is 0. The van der Waals surface area contributed by atoms with Gasteiger partial charge in [-0.05, 0) is 17.6 Å². The van der Waals surface area contributed by atoms with Crippen LogP contribution in [-0.4, -0.2) is 9.53 Å². The van der Waals surface area contributed by atoms with Crippen molar-refractivity contribution in [2.45, 2.75) is 0 Å². The molecule has 1 aromatic carbocycles. The number of benzene rings is 1. The summed E-state index contributed by atoms with van der Waals surface area (Å²) in [5, 5.41) is 4.79. The highest BCUT2D eigenvalue weighted by molar-refractivity contribution is 7.13. The predicted octanol–water partition coefficient (Wildman–Crippen LogP) is 2.53. The first-order valence-corrected chi connectivity index (χ1v) is 5.17. The van der Waals surface area contributed by atoms with E-state index in [4.69, 9.17) is 10.3 Å². The smallest absolute Gasteiger partial charge is 0.169 e. The number of hydrogen-bond acceptors (Lipinski definition) is 5. The maximum Gasteiger partial charge on any atom is 0.169 e. The average Bonchev–Trinajstić information content (AvgIpc) is 2.84. The molecule has 0 saturated carbocycles. The summed E-state index contributed by atoms with van der Waals surface area (Å²) < 4.78 is 10.3. The summed E-state index contributed by atoms with van der Waals surface area (Å²) in [4.78, 5) is 0. The fraction of sp³-hybridized carbons (Fsp3) is 0. The summed E-state index contributed by atoms with van der Waals surface area (Å²) in [6.45, 7) is 0. The van der Waals surface area contributed by atoms with Gasteiger partial charge < -0.3 is 10.3 Å². The first-order valence-electron chi connectivity index (χ1n) is 4.40. The maximum atomic E-state index is 5.49. The number of nitrogens with zero attached hydrogens (tertiary/aromatic N) is 2. The minimum absolute atomic E-state index is 0.398. The van der Waals surface area contributed by atoms with Crippen LogP contribution in [-0.2, 0) is 0 Å². The van der Waals surface area contributed by atoms with Crippen LogP contribution >= 0.6 is 11.5 Å². The van der Waals surface area contributed by atoms with Gasteiger partial charge in [-0.3, -0.25) is 0 Å². The molecule has 0 aliphatic carbocycles. The Morgan fingerprint density at radius 1 is 1.27 bits per heavy atom. The Balaban J connectivity index is 2.18. The van der Waals surface area contributed by atoms with Gasteiger partial charge in [0.15, 0.2) is 11.6 Å². The Morgan fingerprint density at radius 3 is 3.00 bits per heavy atom. The van der Waals surface area contributed by atoms with E-state index in [9.17, 15) is 0 Å². The van der Waals surface area contributed by atoms with Gasteiger partial charge in [0.1, 0.15) is 0 Å². The third kappa shape index (κ3) is 1.37. The SMILES string of the molecule is Nc1cc(-c2ccc3cnsc3c2)on1. The minimum Gasteiger partial charge on any atom is -0.381 e. The van der Waals surface area contributed by atoms with E-state index < -0.39 is 0 Å². The van der Waals surface area contributed by atoms with E-state index in [-0.39, 0.29) is 0 Å². The van der Waals surface area contributed by atoms with Gasteiger partial charge in [-0.15, -0.1) is 0 Å². The second-order valence-electron chi connectivity index (χ2n) is 3.19. The molecule has 5 heteroatoms. The first-order chi connectivity index (χ1) is 7.33. The van der Waals surface area contributed by atoms with Crippen LogP contribution in [0.15, 0.2) is 35.0 Å². The van der Waals surface area contributed by atoms with Crippen molar-refractivity contribution >= 4 is 27.4 Å². The minimum atomic E-state index is 0.398. The van der Waals surface area contributed by atoms with Crippen molar-refractivity contribution in [1.82, 2.24) is 9.53 Å². The normalized spacial score (nSPS) is 10.9. The summed E-state index contributed by atoms with van der Waals surface area (Å²) >= 11 is 1.46. The molecule has 15 heavy (non-hydrogen) atoms. The van der Waals surface area contributed by atoms with Crippen molar-refractivity contribution < 1.29 is 4.52 Å². The Hall–Kier alpha value is -1.88. The largest absolute Gasteiger partial charge is 0.381 e. The van der Waals surface area contributed by atoms with Crippen LogP contribution in [0.2, 0.25) is 0 Å². The molecule has 2 N–H and O–H groups in total. The van der Waals surface area contributed by atoms with E-state index in [1.54, 1.807) is 6.07 Å². The highest BCUT2D eigenvalue weighted by Crippen LogP contribution is 2.27. The average molecular weight is 217 g/mol. The molecule has 4 nitrogen and oxygen atoms in total. The highest BCUT2D eigenvalue weighted by atomic mass is 32.1. The molecular formula is C10H7N3OS. The highest BCUT2D eigenvalue weighted by Gasteiger charge is 2.06. The van der Waals surface area contributed by atoms with Crippen LogP contribution in [0.3, 0.4) is 0 Å². The molecule has 0 amide bonds. The lowest BCUT2D eigenvalue weighted by Crippen LogP contribution is -1.79. The summed E-state index contributed by atoms with van der Waals surface area (Å²) in [6, 6.07) is 7.71. The molecule has 0 radical (unpaired) electrons. The summed E-state index contributed by atoms with van der Waals surface area (Å²) in [5.74, 6) is 1.08. The van der Waals surface area contributed by atoms with Crippen LogP contribution in [0.5, 0.6) is 0 Å². The topological polar surface area (TPSA) is 64.9 Å². The molecule has 3 aromatic rings. The quantitative estimate of drug-likeness (QED) is 0.680. The van der Waals surface area contributed by atoms with E-state index in [0.29, 0.717) is 11.6 Å². The molecule has 3 rings (SSSR count). The van der Waals surface area contributed by atoms with Crippen LogP contribution in [0.1, 0.15) is 0 Å². The fourth-order valence-corrected chi connectivity index (χ4v) is 2.12. The third-order valence-corrected chi connectivity index (χ3v) is 2.93. The van der Waals surface area contributed by atoms with Crippen molar-refractivity contribution in [1.29, 1.82) is 0 Å². The predicted molar refractivity (Wildman–Crippen MR) is 59.5 cm³/mol. The summed E-state index contributed by atoms with van der Waals surface area (Å²) in [5.41, 5.74) is 6.46. The van der Waals surface area contributed by atoms with Crippen LogP contribution in [0.25, 0.3) is 21.4 Å². The van der Waals surface area contributed by atoms with Gasteiger partial charge in [-0.2, -0.15) is 4.37 Å². The molecule has 2 aromatic heterocycles. The van der Waals surface area contributed by atoms with Crippen LogP contribution in [0.4, 0.5) is 5.82 Å². The van der Waals surface area contributed by atoms with Crippen molar-refractivity contribution in [3.63, 3.8) is 0 Å². The number of anilines is 1. The number of rotatable bonds is 1. The van der Waals surface area contributed by atoms with Crippen molar-refractivity contribution in [3.05, 3.63) is 30.5 Å². The zero-order chi connectivity index (χ0) is 10.3. The maximum absolute atomic E-state index is 5.49. The Labute approximate surface area is 89.5 Å². The van der Waals surface area contributed by atoms with E-state index in [2.05, 4.69) is 9.53 Å². The van der Waals surface area contributed by atoms with Gasteiger partial charge in [-0.1, -0.05) is 17.3 Å². The second kappa shape index (κ2) is 3.06. The zero-order valence-corrected chi connectivity index (χ0v) is 8.49. The van der Waals surface area contributed by atoms with E-state index in [1.807, 2.05) is 24.4 Å².